The van der Waals surface area contributed by atoms with Crippen molar-refractivity contribution in [3.63, 3.8) is 0 Å². The van der Waals surface area contributed by atoms with Gasteiger partial charge in [-0.15, -0.1) is 0 Å². The Bertz CT molecular complexity index is 387. The molecule has 4 nitrogen and oxygen atoms in total. The van der Waals surface area contributed by atoms with Crippen molar-refractivity contribution in [3.8, 4) is 0 Å². The number of piperidine rings is 1. The summed E-state index contributed by atoms with van der Waals surface area (Å²) in [5.74, 6) is 1.77. The first kappa shape index (κ1) is 18.4. The molecule has 0 unspecified atom stereocenters. The minimum Gasteiger partial charge on any atom is -0.302 e. The van der Waals surface area contributed by atoms with Crippen LogP contribution in [0.1, 0.15) is 33.1 Å². The Morgan fingerprint density at radius 3 is 2.12 bits per heavy atom. The first-order valence-corrected chi connectivity index (χ1v) is 10.2. The third-order valence-corrected chi connectivity index (χ3v) is 5.90. The SMILES string of the molecule is C[C@@H]1C[C@H](C)CN(CCN2CCN(CCCN3CC=CCC3)C2)C1. The summed E-state index contributed by atoms with van der Waals surface area (Å²) in [7, 11) is 0. The Morgan fingerprint density at radius 1 is 0.750 bits per heavy atom. The standard InChI is InChI=1S/C20H38N4/c1-19-15-20(2)17-24(16-19)14-13-23-12-11-22(18-23)10-6-9-21-7-4-3-5-8-21/h3-4,19-20H,5-18H2,1-2H3/t19-,20+. The Kier molecular flexibility index (Phi) is 7.14. The fourth-order valence-electron chi connectivity index (χ4n) is 4.74. The van der Waals surface area contributed by atoms with E-state index in [0.29, 0.717) is 0 Å². The van der Waals surface area contributed by atoms with Crippen molar-refractivity contribution in [1.29, 1.82) is 0 Å². The summed E-state index contributed by atoms with van der Waals surface area (Å²) in [6.45, 7) is 18.7. The van der Waals surface area contributed by atoms with Gasteiger partial charge in [0.15, 0.2) is 0 Å². The molecule has 24 heavy (non-hydrogen) atoms. The third-order valence-electron chi connectivity index (χ3n) is 5.90. The van der Waals surface area contributed by atoms with Gasteiger partial charge in [0.2, 0.25) is 0 Å². The van der Waals surface area contributed by atoms with Crippen LogP contribution in [0, 0.1) is 11.8 Å². The molecule has 2 fully saturated rings. The van der Waals surface area contributed by atoms with Crippen molar-refractivity contribution in [2.45, 2.75) is 33.1 Å². The zero-order valence-corrected chi connectivity index (χ0v) is 16.0. The van der Waals surface area contributed by atoms with Crippen LogP contribution >= 0.6 is 0 Å². The van der Waals surface area contributed by atoms with E-state index in [4.69, 9.17) is 0 Å². The van der Waals surface area contributed by atoms with Crippen LogP contribution < -0.4 is 0 Å². The highest BCUT2D eigenvalue weighted by Gasteiger charge is 2.24. The smallest absolute Gasteiger partial charge is 0.0507 e. The molecule has 3 rings (SSSR count). The van der Waals surface area contributed by atoms with E-state index in [-0.39, 0.29) is 0 Å². The van der Waals surface area contributed by atoms with E-state index >= 15 is 0 Å². The van der Waals surface area contributed by atoms with Crippen LogP contribution in [0.2, 0.25) is 0 Å². The highest BCUT2D eigenvalue weighted by molar-refractivity contribution is 4.90. The zero-order valence-electron chi connectivity index (χ0n) is 16.0. The van der Waals surface area contributed by atoms with E-state index in [9.17, 15) is 0 Å². The summed E-state index contributed by atoms with van der Waals surface area (Å²) in [6, 6.07) is 0. The molecule has 0 aromatic carbocycles. The lowest BCUT2D eigenvalue weighted by Crippen LogP contribution is -2.42. The largest absolute Gasteiger partial charge is 0.302 e. The Balaban J connectivity index is 1.27. The molecule has 0 N–H and O–H groups in total. The van der Waals surface area contributed by atoms with Crippen molar-refractivity contribution in [3.05, 3.63) is 12.2 Å². The molecule has 3 aliphatic heterocycles. The first-order chi connectivity index (χ1) is 11.7. The van der Waals surface area contributed by atoms with Gasteiger partial charge in [0.1, 0.15) is 0 Å². The highest BCUT2D eigenvalue weighted by atomic mass is 15.4. The number of hydrogen-bond donors (Lipinski definition) is 0. The molecule has 0 amide bonds. The first-order valence-electron chi connectivity index (χ1n) is 10.2. The molecule has 3 aliphatic rings. The molecule has 2 saturated heterocycles. The molecule has 0 spiro atoms. The quantitative estimate of drug-likeness (QED) is 0.662. The molecule has 138 valence electrons. The average molecular weight is 335 g/mol. The summed E-state index contributed by atoms with van der Waals surface area (Å²) < 4.78 is 0. The van der Waals surface area contributed by atoms with E-state index in [1.54, 1.807) is 0 Å². The van der Waals surface area contributed by atoms with Gasteiger partial charge >= 0.3 is 0 Å². The van der Waals surface area contributed by atoms with Crippen LogP contribution in [-0.2, 0) is 0 Å². The maximum atomic E-state index is 2.70. The van der Waals surface area contributed by atoms with Crippen molar-refractivity contribution >= 4 is 0 Å². The van der Waals surface area contributed by atoms with E-state index in [0.717, 1.165) is 11.8 Å². The topological polar surface area (TPSA) is 13.0 Å². The number of nitrogens with zero attached hydrogens (tertiary/aromatic N) is 4. The van der Waals surface area contributed by atoms with Crippen LogP contribution in [0.5, 0.6) is 0 Å². The maximum Gasteiger partial charge on any atom is 0.0507 e. The summed E-state index contributed by atoms with van der Waals surface area (Å²) >= 11 is 0. The zero-order chi connectivity index (χ0) is 16.8. The number of hydrogen-bond acceptors (Lipinski definition) is 4. The summed E-state index contributed by atoms with van der Waals surface area (Å²) in [4.78, 5) is 10.6. The molecule has 0 radical (unpaired) electrons. The summed E-state index contributed by atoms with van der Waals surface area (Å²) in [5.41, 5.74) is 0. The van der Waals surface area contributed by atoms with Crippen LogP contribution in [0.3, 0.4) is 0 Å². The molecule has 0 aromatic rings. The molecule has 4 heteroatoms. The van der Waals surface area contributed by atoms with Crippen molar-refractivity contribution < 1.29 is 0 Å². The van der Waals surface area contributed by atoms with Gasteiger partial charge in [-0.3, -0.25) is 14.7 Å². The molecule has 0 aromatic heterocycles. The lowest BCUT2D eigenvalue weighted by molar-refractivity contribution is 0.122. The van der Waals surface area contributed by atoms with E-state index in [2.05, 4.69) is 45.6 Å². The molecule has 2 atom stereocenters. The van der Waals surface area contributed by atoms with Crippen molar-refractivity contribution in [2.75, 3.05) is 72.1 Å². The second kappa shape index (κ2) is 9.33. The normalized spacial score (nSPS) is 31.1. The van der Waals surface area contributed by atoms with Crippen molar-refractivity contribution in [1.82, 2.24) is 19.6 Å². The minimum atomic E-state index is 0.883. The lowest BCUT2D eigenvalue weighted by Gasteiger charge is -2.35. The maximum absolute atomic E-state index is 2.70. The fourth-order valence-corrected chi connectivity index (χ4v) is 4.74. The predicted octanol–water partition coefficient (Wildman–Crippen LogP) is 2.19. The highest BCUT2D eigenvalue weighted by Crippen LogP contribution is 2.20. The Morgan fingerprint density at radius 2 is 1.42 bits per heavy atom. The Labute approximate surface area is 149 Å². The molecule has 0 saturated carbocycles. The van der Waals surface area contributed by atoms with Crippen molar-refractivity contribution in [2.24, 2.45) is 11.8 Å². The second-order valence-electron chi connectivity index (χ2n) is 8.50. The van der Waals surface area contributed by atoms with Crippen LogP contribution in [0.25, 0.3) is 0 Å². The van der Waals surface area contributed by atoms with E-state index < -0.39 is 0 Å². The van der Waals surface area contributed by atoms with Gasteiger partial charge in [0, 0.05) is 58.9 Å². The van der Waals surface area contributed by atoms with Crippen LogP contribution in [-0.4, -0.2) is 91.7 Å². The minimum absolute atomic E-state index is 0.883. The summed E-state index contributed by atoms with van der Waals surface area (Å²) in [6.07, 6.45) is 8.62. The molecule has 0 bridgehead atoms. The van der Waals surface area contributed by atoms with Gasteiger partial charge in [-0.05, 0) is 37.6 Å². The van der Waals surface area contributed by atoms with Gasteiger partial charge < -0.3 is 4.90 Å². The van der Waals surface area contributed by atoms with Gasteiger partial charge in [-0.1, -0.05) is 26.0 Å². The monoisotopic (exact) mass is 334 g/mol. The molecular formula is C20H38N4. The average Bonchev–Trinajstić information content (AvgIpc) is 3.01. The van der Waals surface area contributed by atoms with E-state index in [1.807, 2.05) is 0 Å². The van der Waals surface area contributed by atoms with Gasteiger partial charge in [-0.25, -0.2) is 0 Å². The number of rotatable bonds is 7. The van der Waals surface area contributed by atoms with Gasteiger partial charge in [0.05, 0.1) is 6.67 Å². The molecular weight excluding hydrogens is 296 g/mol. The van der Waals surface area contributed by atoms with Gasteiger partial charge in [0.25, 0.3) is 0 Å². The summed E-state index contributed by atoms with van der Waals surface area (Å²) in [5, 5.41) is 0. The van der Waals surface area contributed by atoms with Gasteiger partial charge in [-0.2, -0.15) is 0 Å². The molecule has 0 aliphatic carbocycles. The lowest BCUT2D eigenvalue weighted by atomic mass is 9.92. The third kappa shape index (κ3) is 5.83. The van der Waals surface area contributed by atoms with Crippen LogP contribution in [0.4, 0.5) is 0 Å². The second-order valence-corrected chi connectivity index (χ2v) is 8.50. The van der Waals surface area contributed by atoms with E-state index in [1.165, 1.54) is 91.4 Å². The van der Waals surface area contributed by atoms with Crippen LogP contribution in [0.15, 0.2) is 12.2 Å². The Hall–Kier alpha value is -0.420. The fraction of sp³-hybridized carbons (Fsp3) is 0.900. The predicted molar refractivity (Wildman–Crippen MR) is 102 cm³/mol. The number of likely N-dealkylation sites (tertiary alicyclic amines) is 1. The molecule has 3 heterocycles.